The van der Waals surface area contributed by atoms with Crippen LogP contribution in [0.15, 0.2) is 30.5 Å². The zero-order chi connectivity index (χ0) is 18.3. The van der Waals surface area contributed by atoms with Gasteiger partial charge in [0.05, 0.1) is 24.9 Å². The molecule has 26 heavy (non-hydrogen) atoms. The molecule has 3 heterocycles. The number of hydrogen-bond donors (Lipinski definition) is 2. The monoisotopic (exact) mass is 355 g/mol. The van der Waals surface area contributed by atoms with Gasteiger partial charge in [-0.05, 0) is 19.1 Å². The third-order valence-electron chi connectivity index (χ3n) is 5.16. The van der Waals surface area contributed by atoms with Gasteiger partial charge < -0.3 is 15.4 Å². The van der Waals surface area contributed by atoms with Gasteiger partial charge in [-0.2, -0.15) is 5.10 Å². The Hall–Kier alpha value is -2.74. The third kappa shape index (κ3) is 2.86. The average Bonchev–Trinajstić information content (AvgIpc) is 3.07. The number of fused-ring (bicyclic) bond motifs is 1. The van der Waals surface area contributed by atoms with Crippen molar-refractivity contribution in [1.82, 2.24) is 25.4 Å². The number of pyridine rings is 1. The van der Waals surface area contributed by atoms with Gasteiger partial charge >= 0.3 is 0 Å². The lowest BCUT2D eigenvalue weighted by Crippen LogP contribution is -2.32. The van der Waals surface area contributed by atoms with Crippen molar-refractivity contribution in [3.05, 3.63) is 47.5 Å². The lowest BCUT2D eigenvalue weighted by atomic mass is 10.2. The van der Waals surface area contributed by atoms with Gasteiger partial charge in [-0.25, -0.2) is 0 Å². The molecule has 1 aliphatic heterocycles. The summed E-state index contributed by atoms with van der Waals surface area (Å²) in [4.78, 5) is 29.2. The molecule has 0 bridgehead atoms. The number of nitrogens with one attached hydrogen (secondary N) is 2. The van der Waals surface area contributed by atoms with Gasteiger partial charge in [0.15, 0.2) is 5.69 Å². The fourth-order valence-electron chi connectivity index (χ4n) is 3.53. The first kappa shape index (κ1) is 16.7. The number of rotatable bonds is 5. The Morgan fingerprint density at radius 2 is 2.04 bits per heavy atom. The van der Waals surface area contributed by atoms with Crippen molar-refractivity contribution in [2.24, 2.45) is 11.8 Å². The minimum atomic E-state index is -0.331. The zero-order valence-corrected chi connectivity index (χ0v) is 14.7. The van der Waals surface area contributed by atoms with Crippen molar-refractivity contribution >= 4 is 11.8 Å². The quantitative estimate of drug-likeness (QED) is 0.819. The Balaban J connectivity index is 1.62. The Morgan fingerprint density at radius 1 is 1.27 bits per heavy atom. The van der Waals surface area contributed by atoms with Crippen LogP contribution in [0.5, 0.6) is 0 Å². The Morgan fingerprint density at radius 3 is 2.69 bits per heavy atom. The van der Waals surface area contributed by atoms with E-state index in [0.717, 1.165) is 5.69 Å². The van der Waals surface area contributed by atoms with Crippen LogP contribution >= 0.6 is 0 Å². The summed E-state index contributed by atoms with van der Waals surface area (Å²) in [6.45, 7) is 3.30. The average molecular weight is 355 g/mol. The number of carbonyl (C=O) groups excluding carboxylic acids is 2. The fraction of sp³-hybridized carbons (Fsp3) is 0.444. The standard InChI is InChI=1S/C18H21N5O3/c1-10(13-5-3-4-6-20-13)23-15(7-14(22-23)17(24)19-2)18(25)21-16-11-8-26-9-12(11)16/h3-7,10-12,16H,8-9H2,1-2H3,(H,19,24)(H,21,25)/t10-,11-,12+,16+/m0/s1. The summed E-state index contributed by atoms with van der Waals surface area (Å²) in [5.41, 5.74) is 1.33. The Labute approximate surface area is 150 Å². The summed E-state index contributed by atoms with van der Waals surface area (Å²) in [6.07, 6.45) is 1.69. The number of nitrogens with zero attached hydrogens (tertiary/aromatic N) is 3. The molecule has 2 aliphatic rings. The van der Waals surface area contributed by atoms with E-state index >= 15 is 0 Å². The molecule has 2 fully saturated rings. The maximum absolute atomic E-state index is 12.8. The fourth-order valence-corrected chi connectivity index (χ4v) is 3.53. The highest BCUT2D eigenvalue weighted by Gasteiger charge is 2.55. The van der Waals surface area contributed by atoms with Crippen molar-refractivity contribution < 1.29 is 14.3 Å². The topological polar surface area (TPSA) is 98.1 Å². The summed E-state index contributed by atoms with van der Waals surface area (Å²) in [5.74, 6) is 0.251. The molecule has 2 N–H and O–H groups in total. The minimum absolute atomic E-state index is 0.146. The van der Waals surface area contributed by atoms with Crippen molar-refractivity contribution in [3.63, 3.8) is 0 Å². The van der Waals surface area contributed by atoms with Gasteiger partial charge in [-0.3, -0.25) is 19.3 Å². The van der Waals surface area contributed by atoms with Crippen molar-refractivity contribution in [2.45, 2.75) is 19.0 Å². The van der Waals surface area contributed by atoms with E-state index in [-0.39, 0.29) is 29.6 Å². The third-order valence-corrected chi connectivity index (χ3v) is 5.16. The molecule has 1 aliphatic carbocycles. The maximum atomic E-state index is 12.8. The molecule has 8 nitrogen and oxygen atoms in total. The van der Waals surface area contributed by atoms with Crippen molar-refractivity contribution in [1.29, 1.82) is 0 Å². The first-order chi connectivity index (χ1) is 12.6. The number of hydrogen-bond acceptors (Lipinski definition) is 5. The normalized spacial score (nSPS) is 24.6. The van der Waals surface area contributed by atoms with Gasteiger partial charge in [-0.1, -0.05) is 6.07 Å². The van der Waals surface area contributed by atoms with Gasteiger partial charge in [0.1, 0.15) is 5.69 Å². The first-order valence-electron chi connectivity index (χ1n) is 8.71. The maximum Gasteiger partial charge on any atom is 0.271 e. The van der Waals surface area contributed by atoms with E-state index in [1.165, 1.54) is 13.1 Å². The van der Waals surface area contributed by atoms with E-state index in [4.69, 9.17) is 4.74 Å². The van der Waals surface area contributed by atoms with Crippen LogP contribution < -0.4 is 10.6 Å². The molecule has 1 saturated carbocycles. The summed E-state index contributed by atoms with van der Waals surface area (Å²) in [6, 6.07) is 6.98. The minimum Gasteiger partial charge on any atom is -0.381 e. The van der Waals surface area contributed by atoms with Crippen LogP contribution in [0.4, 0.5) is 0 Å². The van der Waals surface area contributed by atoms with Gasteiger partial charge in [0, 0.05) is 37.2 Å². The van der Waals surface area contributed by atoms with Crippen molar-refractivity contribution in [3.8, 4) is 0 Å². The lowest BCUT2D eigenvalue weighted by Gasteiger charge is -2.15. The second-order valence-electron chi connectivity index (χ2n) is 6.73. The lowest BCUT2D eigenvalue weighted by molar-refractivity contribution is 0.0915. The van der Waals surface area contributed by atoms with E-state index in [1.807, 2.05) is 25.1 Å². The molecule has 4 rings (SSSR count). The Bertz CT molecular complexity index is 825. The molecular formula is C18H21N5O3. The molecule has 2 aromatic heterocycles. The number of amides is 2. The second-order valence-corrected chi connectivity index (χ2v) is 6.73. The van der Waals surface area contributed by atoms with Crippen LogP contribution in [0.2, 0.25) is 0 Å². The van der Waals surface area contributed by atoms with Crippen LogP contribution in [0.25, 0.3) is 0 Å². The molecule has 0 unspecified atom stereocenters. The molecule has 136 valence electrons. The number of aromatic nitrogens is 3. The van der Waals surface area contributed by atoms with Crippen LogP contribution in [-0.2, 0) is 4.74 Å². The highest BCUT2D eigenvalue weighted by atomic mass is 16.5. The van der Waals surface area contributed by atoms with E-state index in [9.17, 15) is 9.59 Å². The summed E-state index contributed by atoms with van der Waals surface area (Å²) >= 11 is 0. The summed E-state index contributed by atoms with van der Waals surface area (Å²) in [7, 11) is 1.54. The number of carbonyl (C=O) groups is 2. The molecular weight excluding hydrogens is 334 g/mol. The molecule has 0 aromatic carbocycles. The molecule has 8 heteroatoms. The smallest absolute Gasteiger partial charge is 0.271 e. The molecule has 2 aromatic rings. The molecule has 0 spiro atoms. The predicted molar refractivity (Wildman–Crippen MR) is 92.7 cm³/mol. The summed E-state index contributed by atoms with van der Waals surface area (Å²) < 4.78 is 6.93. The van der Waals surface area contributed by atoms with Crippen LogP contribution in [-0.4, -0.2) is 52.9 Å². The molecule has 0 radical (unpaired) electrons. The highest BCUT2D eigenvalue weighted by Crippen LogP contribution is 2.44. The molecule has 4 atom stereocenters. The van der Waals surface area contributed by atoms with Gasteiger partial charge in [-0.15, -0.1) is 0 Å². The molecule has 2 amide bonds. The first-order valence-corrected chi connectivity index (χ1v) is 8.71. The Kier molecular flexibility index (Phi) is 4.20. The summed E-state index contributed by atoms with van der Waals surface area (Å²) in [5, 5.41) is 9.96. The largest absolute Gasteiger partial charge is 0.381 e. The van der Waals surface area contributed by atoms with E-state index in [2.05, 4.69) is 20.7 Å². The molecule has 1 saturated heterocycles. The highest BCUT2D eigenvalue weighted by molar-refractivity contribution is 5.98. The van der Waals surface area contributed by atoms with Crippen LogP contribution in [0.1, 0.15) is 39.6 Å². The van der Waals surface area contributed by atoms with Gasteiger partial charge in [0.25, 0.3) is 11.8 Å². The zero-order valence-electron chi connectivity index (χ0n) is 14.7. The van der Waals surface area contributed by atoms with Gasteiger partial charge in [0.2, 0.25) is 0 Å². The van der Waals surface area contributed by atoms with Crippen LogP contribution in [0, 0.1) is 11.8 Å². The van der Waals surface area contributed by atoms with E-state index in [0.29, 0.717) is 30.7 Å². The number of ether oxygens (including phenoxy) is 1. The predicted octanol–water partition coefficient (Wildman–Crippen LogP) is 0.622. The van der Waals surface area contributed by atoms with Crippen molar-refractivity contribution in [2.75, 3.05) is 20.3 Å². The van der Waals surface area contributed by atoms with E-state index < -0.39 is 0 Å². The van der Waals surface area contributed by atoms with E-state index in [1.54, 1.807) is 10.9 Å². The SMILES string of the molecule is CNC(=O)c1cc(C(=O)N[C@H]2[C@@H]3COC[C@@H]32)n([C@@H](C)c2ccccn2)n1. The van der Waals surface area contributed by atoms with Crippen LogP contribution in [0.3, 0.4) is 0 Å². The second kappa shape index (κ2) is 6.53.